The normalized spacial score (nSPS) is 13.9. The molecule has 0 radical (unpaired) electrons. The number of nitrogens with zero attached hydrogens (tertiary/aromatic N) is 1. The van der Waals surface area contributed by atoms with Gasteiger partial charge in [-0.15, -0.1) is 0 Å². The van der Waals surface area contributed by atoms with Crippen LogP contribution in [-0.4, -0.2) is 37.1 Å². The second kappa shape index (κ2) is 17.3. The fourth-order valence-corrected chi connectivity index (χ4v) is 3.24. The van der Waals surface area contributed by atoms with E-state index in [1.165, 1.54) is 68.2 Å². The molecule has 0 aliphatic rings. The molecular weight excluding hydrogens is 328 g/mol. The molecule has 158 valence electrons. The lowest BCUT2D eigenvalue weighted by Crippen LogP contribution is -2.27. The summed E-state index contributed by atoms with van der Waals surface area (Å²) in [4.78, 5) is 2.57. The Kier molecular flexibility index (Phi) is 16.7. The molecule has 0 aromatic rings. The zero-order chi connectivity index (χ0) is 20.5. The molecule has 0 amide bonds. The summed E-state index contributed by atoms with van der Waals surface area (Å²) in [7, 11) is 0. The highest BCUT2D eigenvalue weighted by Crippen LogP contribution is 2.11. The molecule has 0 aromatic carbocycles. The predicted octanol–water partition coefficient (Wildman–Crippen LogP) is 6.90. The van der Waals surface area contributed by atoms with Crippen LogP contribution in [0, 0.1) is 0 Å². The summed E-state index contributed by atoms with van der Waals surface area (Å²) in [6.45, 7) is 20.2. The van der Waals surface area contributed by atoms with Crippen LogP contribution in [0.5, 0.6) is 0 Å². The molecular formula is C25H48N2. The van der Waals surface area contributed by atoms with Gasteiger partial charge in [0.15, 0.2) is 0 Å². The van der Waals surface area contributed by atoms with E-state index < -0.39 is 0 Å². The molecule has 0 bridgehead atoms. The van der Waals surface area contributed by atoms with Gasteiger partial charge in [0.25, 0.3) is 0 Å². The van der Waals surface area contributed by atoms with E-state index in [-0.39, 0.29) is 0 Å². The van der Waals surface area contributed by atoms with Crippen molar-refractivity contribution in [2.75, 3.05) is 26.2 Å². The standard InChI is InChI=1S/C25H48N2/c1-8-26-25(7)18-10-11-20-27(9-2)21-19-24(6)17-13-16-23(5)15-12-14-22(3)4/h14,16,19,25-26H,8-13,15,17-18,20-21H2,1-7H3/b23-16+,24-19+. The molecule has 0 aliphatic heterocycles. The van der Waals surface area contributed by atoms with E-state index >= 15 is 0 Å². The number of likely N-dealkylation sites (N-methyl/N-ethyl adjacent to an activating group) is 1. The van der Waals surface area contributed by atoms with Gasteiger partial charge in [0.05, 0.1) is 0 Å². The first-order valence-electron chi connectivity index (χ1n) is 11.3. The SMILES string of the molecule is CCNC(C)CCCCN(CC)C/C=C(\C)CC/C=C(\C)CCC=C(C)C. The van der Waals surface area contributed by atoms with Gasteiger partial charge in [-0.3, -0.25) is 4.90 Å². The van der Waals surface area contributed by atoms with Gasteiger partial charge in [0, 0.05) is 12.6 Å². The Labute approximate surface area is 171 Å². The Morgan fingerprint density at radius 1 is 0.889 bits per heavy atom. The van der Waals surface area contributed by atoms with E-state index in [1.807, 2.05) is 0 Å². The number of allylic oxidation sites excluding steroid dienone is 5. The topological polar surface area (TPSA) is 15.3 Å². The Bertz CT molecular complexity index is 441. The van der Waals surface area contributed by atoms with E-state index in [1.54, 1.807) is 0 Å². The minimum atomic E-state index is 0.658. The minimum absolute atomic E-state index is 0.658. The molecule has 0 saturated carbocycles. The number of rotatable bonds is 16. The van der Waals surface area contributed by atoms with Gasteiger partial charge in [-0.1, -0.05) is 55.2 Å². The first kappa shape index (κ1) is 26.1. The lowest BCUT2D eigenvalue weighted by molar-refractivity contribution is 0.306. The summed E-state index contributed by atoms with van der Waals surface area (Å²) in [5.41, 5.74) is 4.49. The minimum Gasteiger partial charge on any atom is -0.315 e. The molecule has 0 saturated heterocycles. The molecule has 0 fully saturated rings. The van der Waals surface area contributed by atoms with Crippen LogP contribution in [0.3, 0.4) is 0 Å². The lowest BCUT2D eigenvalue weighted by atomic mass is 10.1. The van der Waals surface area contributed by atoms with Crippen molar-refractivity contribution in [1.29, 1.82) is 0 Å². The summed E-state index contributed by atoms with van der Waals surface area (Å²) in [6.07, 6.45) is 15.9. The molecule has 0 aliphatic carbocycles. The lowest BCUT2D eigenvalue weighted by Gasteiger charge is -2.19. The van der Waals surface area contributed by atoms with Crippen LogP contribution in [-0.2, 0) is 0 Å². The third-order valence-corrected chi connectivity index (χ3v) is 5.18. The molecule has 2 nitrogen and oxygen atoms in total. The zero-order valence-corrected chi connectivity index (χ0v) is 19.5. The highest BCUT2D eigenvalue weighted by molar-refractivity contribution is 5.05. The summed E-state index contributed by atoms with van der Waals surface area (Å²) in [5.74, 6) is 0. The predicted molar refractivity (Wildman–Crippen MR) is 125 cm³/mol. The molecule has 0 rings (SSSR count). The van der Waals surface area contributed by atoms with Crippen LogP contribution in [0.1, 0.15) is 93.4 Å². The van der Waals surface area contributed by atoms with Gasteiger partial charge in [-0.25, -0.2) is 0 Å². The fraction of sp³-hybridized carbons (Fsp3) is 0.760. The molecule has 1 N–H and O–H groups in total. The van der Waals surface area contributed by atoms with E-state index in [0.717, 1.165) is 19.6 Å². The smallest absolute Gasteiger partial charge is 0.0165 e. The Balaban J connectivity index is 4.02. The highest BCUT2D eigenvalue weighted by Gasteiger charge is 2.03. The average Bonchev–Trinajstić information content (AvgIpc) is 2.61. The van der Waals surface area contributed by atoms with E-state index in [2.05, 4.69) is 76.9 Å². The number of hydrogen-bond acceptors (Lipinski definition) is 2. The summed E-state index contributed by atoms with van der Waals surface area (Å²) in [6, 6.07) is 0.658. The zero-order valence-electron chi connectivity index (χ0n) is 19.5. The van der Waals surface area contributed by atoms with Crippen LogP contribution in [0.4, 0.5) is 0 Å². The van der Waals surface area contributed by atoms with Gasteiger partial charge >= 0.3 is 0 Å². The maximum atomic E-state index is 3.50. The van der Waals surface area contributed by atoms with Gasteiger partial charge < -0.3 is 5.32 Å². The summed E-state index contributed by atoms with van der Waals surface area (Å²) in [5, 5.41) is 3.50. The molecule has 1 atom stereocenters. The largest absolute Gasteiger partial charge is 0.315 e. The average molecular weight is 377 g/mol. The van der Waals surface area contributed by atoms with Crippen molar-refractivity contribution in [3.8, 4) is 0 Å². The van der Waals surface area contributed by atoms with Crippen LogP contribution >= 0.6 is 0 Å². The quantitative estimate of drug-likeness (QED) is 0.233. The maximum Gasteiger partial charge on any atom is 0.0165 e. The Morgan fingerprint density at radius 3 is 2.11 bits per heavy atom. The van der Waals surface area contributed by atoms with E-state index in [9.17, 15) is 0 Å². The van der Waals surface area contributed by atoms with Crippen molar-refractivity contribution in [2.24, 2.45) is 0 Å². The Morgan fingerprint density at radius 2 is 1.52 bits per heavy atom. The maximum absolute atomic E-state index is 3.50. The molecule has 1 unspecified atom stereocenters. The number of unbranched alkanes of at least 4 members (excludes halogenated alkanes) is 1. The monoisotopic (exact) mass is 376 g/mol. The van der Waals surface area contributed by atoms with Crippen molar-refractivity contribution in [3.63, 3.8) is 0 Å². The van der Waals surface area contributed by atoms with Gasteiger partial charge in [-0.2, -0.15) is 0 Å². The molecule has 0 spiro atoms. The second-order valence-electron chi connectivity index (χ2n) is 8.31. The first-order valence-corrected chi connectivity index (χ1v) is 11.3. The second-order valence-corrected chi connectivity index (χ2v) is 8.31. The van der Waals surface area contributed by atoms with Crippen molar-refractivity contribution in [1.82, 2.24) is 10.2 Å². The highest BCUT2D eigenvalue weighted by atomic mass is 15.1. The van der Waals surface area contributed by atoms with Crippen molar-refractivity contribution in [2.45, 2.75) is 99.5 Å². The summed E-state index contributed by atoms with van der Waals surface area (Å²) >= 11 is 0. The van der Waals surface area contributed by atoms with Gasteiger partial charge in [0.2, 0.25) is 0 Å². The summed E-state index contributed by atoms with van der Waals surface area (Å²) < 4.78 is 0. The van der Waals surface area contributed by atoms with Crippen molar-refractivity contribution in [3.05, 3.63) is 34.9 Å². The van der Waals surface area contributed by atoms with Gasteiger partial charge in [0.1, 0.15) is 0 Å². The molecule has 0 heterocycles. The van der Waals surface area contributed by atoms with Crippen LogP contribution in [0.15, 0.2) is 34.9 Å². The van der Waals surface area contributed by atoms with E-state index in [4.69, 9.17) is 0 Å². The molecule has 0 aromatic heterocycles. The fourth-order valence-electron chi connectivity index (χ4n) is 3.24. The van der Waals surface area contributed by atoms with Crippen LogP contribution in [0.25, 0.3) is 0 Å². The molecule has 2 heteroatoms. The first-order chi connectivity index (χ1) is 12.9. The van der Waals surface area contributed by atoms with Crippen LogP contribution in [0.2, 0.25) is 0 Å². The van der Waals surface area contributed by atoms with Gasteiger partial charge in [-0.05, 0) is 92.8 Å². The third-order valence-electron chi connectivity index (χ3n) is 5.18. The number of nitrogens with one attached hydrogen (secondary N) is 1. The molecule has 27 heavy (non-hydrogen) atoms. The third kappa shape index (κ3) is 17.0. The number of hydrogen-bond donors (Lipinski definition) is 1. The Hall–Kier alpha value is -0.860. The van der Waals surface area contributed by atoms with Crippen molar-refractivity contribution < 1.29 is 0 Å². The van der Waals surface area contributed by atoms with Crippen LogP contribution < -0.4 is 5.32 Å². The van der Waals surface area contributed by atoms with E-state index in [0.29, 0.717) is 6.04 Å². The van der Waals surface area contributed by atoms with Crippen molar-refractivity contribution >= 4 is 0 Å².